The molecule has 0 bridgehead atoms. The number of hydrogen-bond donors (Lipinski definition) is 0. The van der Waals surface area contributed by atoms with E-state index in [-0.39, 0.29) is 0 Å². The quantitative estimate of drug-likeness (QED) is 0.480. The normalized spacial score (nSPS) is 41.3. The maximum Gasteiger partial charge on any atom is 0.163 e. The van der Waals surface area contributed by atoms with E-state index in [4.69, 9.17) is 23.3 Å². The standard InChI is InChI=1S/C7H10O2/c1-5-6(2)9-7(3,4)8-5/h1-2,5-6H,3-4H3. The van der Waals surface area contributed by atoms with Crippen LogP contribution in [0.3, 0.4) is 0 Å². The van der Waals surface area contributed by atoms with E-state index in [1.165, 1.54) is 0 Å². The van der Waals surface area contributed by atoms with Crippen LogP contribution in [0.5, 0.6) is 0 Å². The Balaban J connectivity index is 2.54. The van der Waals surface area contributed by atoms with Crippen molar-refractivity contribution in [2.75, 3.05) is 0 Å². The molecule has 0 aromatic carbocycles. The second-order valence-corrected chi connectivity index (χ2v) is 2.56. The van der Waals surface area contributed by atoms with Gasteiger partial charge in [-0.3, -0.25) is 0 Å². The Labute approximate surface area is 56.2 Å². The second-order valence-electron chi connectivity index (χ2n) is 2.56. The van der Waals surface area contributed by atoms with Gasteiger partial charge in [-0.1, -0.05) is 0 Å². The highest BCUT2D eigenvalue weighted by atomic mass is 16.7. The molecule has 2 unspecified atom stereocenters. The lowest BCUT2D eigenvalue weighted by molar-refractivity contribution is -0.139. The first kappa shape index (κ1) is 7.03. The van der Waals surface area contributed by atoms with Crippen molar-refractivity contribution in [3.8, 4) is 0 Å². The minimum atomic E-state index is -0.612. The van der Waals surface area contributed by atoms with Gasteiger partial charge in [0.05, 0.1) is 12.2 Å². The summed E-state index contributed by atoms with van der Waals surface area (Å²) in [5, 5.41) is 0. The molecular weight excluding hydrogens is 116 g/mol. The molecule has 2 nitrogen and oxygen atoms in total. The van der Waals surface area contributed by atoms with Gasteiger partial charge in [-0.25, -0.2) is 0 Å². The van der Waals surface area contributed by atoms with Gasteiger partial charge in [0.1, 0.15) is 0 Å². The highest BCUT2D eigenvalue weighted by molar-refractivity contribution is 4.83. The summed E-state index contributed by atoms with van der Waals surface area (Å²) in [4.78, 5) is 0. The van der Waals surface area contributed by atoms with Crippen LogP contribution >= 0.6 is 0 Å². The lowest BCUT2D eigenvalue weighted by atomic mass is 10.3. The SMILES string of the molecule is [CH]C1OC(C)(C)OC1[CH]. The van der Waals surface area contributed by atoms with Gasteiger partial charge in [0.25, 0.3) is 0 Å². The van der Waals surface area contributed by atoms with Gasteiger partial charge < -0.3 is 9.47 Å². The molecule has 1 aliphatic heterocycles. The minimum Gasteiger partial charge on any atom is -0.344 e. The molecule has 50 valence electrons. The maximum atomic E-state index is 5.38. The number of rotatable bonds is 0. The molecule has 1 heterocycles. The molecule has 0 amide bonds. The Hall–Kier alpha value is -0.0800. The zero-order valence-corrected chi connectivity index (χ0v) is 5.63. The first-order valence-corrected chi connectivity index (χ1v) is 2.88. The van der Waals surface area contributed by atoms with E-state index in [0.717, 1.165) is 0 Å². The molecule has 0 saturated carbocycles. The fraction of sp³-hybridized carbons (Fsp3) is 0.714. The summed E-state index contributed by atoms with van der Waals surface area (Å²) in [7, 11) is 0. The first-order chi connectivity index (χ1) is 4.01. The summed E-state index contributed by atoms with van der Waals surface area (Å²) in [6.07, 6.45) is -0.972. The zero-order valence-electron chi connectivity index (χ0n) is 5.63. The predicted molar refractivity (Wildman–Crippen MR) is 32.4 cm³/mol. The van der Waals surface area contributed by atoms with Gasteiger partial charge in [-0.2, -0.15) is 0 Å². The molecule has 1 fully saturated rings. The topological polar surface area (TPSA) is 18.5 Å². The van der Waals surface area contributed by atoms with Crippen LogP contribution in [0.2, 0.25) is 0 Å². The average Bonchev–Trinajstić information content (AvgIpc) is 1.79. The van der Waals surface area contributed by atoms with Crippen LogP contribution in [0.15, 0.2) is 0 Å². The molecule has 4 radical (unpaired) electrons. The van der Waals surface area contributed by atoms with Crippen LogP contribution in [0.25, 0.3) is 0 Å². The van der Waals surface area contributed by atoms with E-state index in [9.17, 15) is 0 Å². The highest BCUT2D eigenvalue weighted by Crippen LogP contribution is 2.26. The zero-order chi connectivity index (χ0) is 7.07. The predicted octanol–water partition coefficient (Wildman–Crippen LogP) is 0.929. The molecule has 2 atom stereocenters. The molecule has 0 aliphatic carbocycles. The second kappa shape index (κ2) is 1.96. The van der Waals surface area contributed by atoms with E-state index < -0.39 is 18.0 Å². The molecule has 1 saturated heterocycles. The van der Waals surface area contributed by atoms with Crippen molar-refractivity contribution in [3.63, 3.8) is 0 Å². The summed E-state index contributed by atoms with van der Waals surface area (Å²) in [6.45, 7) is 14.3. The van der Waals surface area contributed by atoms with E-state index in [1.54, 1.807) is 13.8 Å². The van der Waals surface area contributed by atoms with Crippen molar-refractivity contribution in [1.29, 1.82) is 0 Å². The molecule has 9 heavy (non-hydrogen) atoms. The summed E-state index contributed by atoms with van der Waals surface area (Å²) in [5.74, 6) is -0.612. The molecule has 2 heteroatoms. The summed E-state index contributed by atoms with van der Waals surface area (Å²) >= 11 is 0. The fourth-order valence-corrected chi connectivity index (χ4v) is 0.817. The third-order valence-electron chi connectivity index (χ3n) is 1.16. The third-order valence-corrected chi connectivity index (χ3v) is 1.16. The van der Waals surface area contributed by atoms with Gasteiger partial charge in [0, 0.05) is 0 Å². The fourth-order valence-electron chi connectivity index (χ4n) is 0.817. The Morgan fingerprint density at radius 2 is 1.44 bits per heavy atom. The maximum absolute atomic E-state index is 5.38. The lowest BCUT2D eigenvalue weighted by Gasteiger charge is -2.15. The average molecular weight is 126 g/mol. The van der Waals surface area contributed by atoms with Crippen molar-refractivity contribution in [2.24, 2.45) is 0 Å². The van der Waals surface area contributed by atoms with E-state index in [1.807, 2.05) is 0 Å². The van der Waals surface area contributed by atoms with Crippen molar-refractivity contribution in [2.45, 2.75) is 31.8 Å². The third kappa shape index (κ3) is 1.43. The summed E-state index contributed by atoms with van der Waals surface area (Å²) < 4.78 is 10.2. The van der Waals surface area contributed by atoms with Crippen LogP contribution in [0.4, 0.5) is 0 Å². The highest BCUT2D eigenvalue weighted by Gasteiger charge is 2.35. The monoisotopic (exact) mass is 126 g/mol. The van der Waals surface area contributed by atoms with Crippen LogP contribution in [0, 0.1) is 13.8 Å². The van der Waals surface area contributed by atoms with Gasteiger partial charge in [-0.05, 0) is 27.7 Å². The Morgan fingerprint density at radius 3 is 1.56 bits per heavy atom. The Morgan fingerprint density at radius 1 is 1.11 bits per heavy atom. The molecule has 0 spiro atoms. The van der Waals surface area contributed by atoms with Crippen molar-refractivity contribution >= 4 is 0 Å². The molecule has 1 rings (SSSR count). The first-order valence-electron chi connectivity index (χ1n) is 2.88. The molecule has 0 aromatic heterocycles. The van der Waals surface area contributed by atoms with Gasteiger partial charge >= 0.3 is 0 Å². The van der Waals surface area contributed by atoms with Crippen molar-refractivity contribution in [1.82, 2.24) is 0 Å². The molecular formula is C7H10O2. The van der Waals surface area contributed by atoms with Crippen LogP contribution in [-0.4, -0.2) is 18.0 Å². The molecule has 0 N–H and O–H groups in total. The van der Waals surface area contributed by atoms with E-state index in [2.05, 4.69) is 0 Å². The summed E-state index contributed by atoms with van der Waals surface area (Å²) in [6, 6.07) is 0. The van der Waals surface area contributed by atoms with Gasteiger partial charge in [0.15, 0.2) is 5.79 Å². The lowest BCUT2D eigenvalue weighted by Crippen LogP contribution is -2.20. The van der Waals surface area contributed by atoms with Gasteiger partial charge in [0.2, 0.25) is 0 Å². The van der Waals surface area contributed by atoms with Gasteiger partial charge in [-0.15, -0.1) is 0 Å². The van der Waals surface area contributed by atoms with Crippen molar-refractivity contribution in [3.05, 3.63) is 13.8 Å². The van der Waals surface area contributed by atoms with Crippen LogP contribution in [0.1, 0.15) is 13.8 Å². The largest absolute Gasteiger partial charge is 0.344 e. The molecule has 1 aliphatic rings. The van der Waals surface area contributed by atoms with E-state index >= 15 is 0 Å². The Kier molecular flexibility index (Phi) is 1.53. The number of hydrogen-bond acceptors (Lipinski definition) is 2. The Bertz CT molecular complexity index is 97.5. The number of ether oxygens (including phenoxy) is 2. The van der Waals surface area contributed by atoms with Crippen LogP contribution in [-0.2, 0) is 9.47 Å². The van der Waals surface area contributed by atoms with Crippen LogP contribution < -0.4 is 0 Å². The van der Waals surface area contributed by atoms with Crippen molar-refractivity contribution < 1.29 is 9.47 Å². The van der Waals surface area contributed by atoms with E-state index in [0.29, 0.717) is 0 Å². The smallest absolute Gasteiger partial charge is 0.163 e. The summed E-state index contributed by atoms with van der Waals surface area (Å²) in [5.41, 5.74) is 0. The minimum absolute atomic E-state index is 0.486. The molecule has 0 aromatic rings.